The lowest BCUT2D eigenvalue weighted by molar-refractivity contribution is 0.463. The van der Waals surface area contributed by atoms with E-state index in [9.17, 15) is 5.11 Å². The van der Waals surface area contributed by atoms with Crippen LogP contribution in [0.25, 0.3) is 5.57 Å². The highest BCUT2D eigenvalue weighted by Gasteiger charge is 2.24. The first-order valence-electron chi connectivity index (χ1n) is 9.33. The first-order valence-corrected chi connectivity index (χ1v) is 9.33. The SMILES string of the molecule is CC1C=CC(c2nc(C(C)(C)C)nc(NC3=CCC(C#N)C=C3)c2O)=CC1. The molecule has 1 aromatic rings. The molecule has 1 aromatic heterocycles. The van der Waals surface area contributed by atoms with Gasteiger partial charge in [0.1, 0.15) is 11.5 Å². The molecule has 3 rings (SSSR count). The van der Waals surface area contributed by atoms with E-state index in [1.165, 1.54) is 0 Å². The first-order chi connectivity index (χ1) is 12.8. The molecule has 0 aromatic carbocycles. The van der Waals surface area contributed by atoms with Crippen molar-refractivity contribution in [3.05, 3.63) is 53.7 Å². The first kappa shape index (κ1) is 18.9. The second kappa shape index (κ2) is 7.40. The van der Waals surface area contributed by atoms with Crippen LogP contribution in [0.1, 0.15) is 52.1 Å². The number of aromatic hydroxyl groups is 1. The van der Waals surface area contributed by atoms with Crippen molar-refractivity contribution in [2.75, 3.05) is 5.32 Å². The number of nitrogens with zero attached hydrogens (tertiary/aromatic N) is 3. The van der Waals surface area contributed by atoms with Crippen LogP contribution in [0.4, 0.5) is 5.82 Å². The van der Waals surface area contributed by atoms with E-state index in [0.717, 1.165) is 17.7 Å². The third-order valence-corrected chi connectivity index (χ3v) is 4.67. The van der Waals surface area contributed by atoms with Gasteiger partial charge < -0.3 is 10.4 Å². The molecule has 140 valence electrons. The summed E-state index contributed by atoms with van der Waals surface area (Å²) in [6, 6.07) is 2.24. The number of aromatic nitrogens is 2. The quantitative estimate of drug-likeness (QED) is 0.803. The summed E-state index contributed by atoms with van der Waals surface area (Å²) in [5.74, 6) is 1.49. The van der Waals surface area contributed by atoms with E-state index in [1.54, 1.807) is 0 Å². The molecule has 5 nitrogen and oxygen atoms in total. The van der Waals surface area contributed by atoms with Crippen LogP contribution in [-0.2, 0) is 5.41 Å². The van der Waals surface area contributed by atoms with Gasteiger partial charge in [0.2, 0.25) is 0 Å². The van der Waals surface area contributed by atoms with E-state index in [4.69, 9.17) is 5.26 Å². The summed E-state index contributed by atoms with van der Waals surface area (Å²) < 4.78 is 0. The van der Waals surface area contributed by atoms with Crippen molar-refractivity contribution in [1.82, 2.24) is 9.97 Å². The van der Waals surface area contributed by atoms with E-state index in [1.807, 2.05) is 24.3 Å². The van der Waals surface area contributed by atoms with Crippen LogP contribution in [-0.4, -0.2) is 15.1 Å². The van der Waals surface area contributed by atoms with Gasteiger partial charge in [-0.05, 0) is 30.4 Å². The minimum absolute atomic E-state index is 0.0464. The van der Waals surface area contributed by atoms with E-state index in [0.29, 0.717) is 29.7 Å². The molecule has 27 heavy (non-hydrogen) atoms. The fourth-order valence-corrected chi connectivity index (χ4v) is 2.93. The molecule has 0 fully saturated rings. The van der Waals surface area contributed by atoms with Gasteiger partial charge in [-0.1, -0.05) is 58.1 Å². The monoisotopic (exact) mass is 362 g/mol. The maximum Gasteiger partial charge on any atom is 0.185 e. The molecule has 0 radical (unpaired) electrons. The number of rotatable bonds is 3. The molecular weight excluding hydrogens is 336 g/mol. The summed E-state index contributed by atoms with van der Waals surface area (Å²) in [6.45, 7) is 8.32. The predicted molar refractivity (Wildman–Crippen MR) is 108 cm³/mol. The highest BCUT2D eigenvalue weighted by molar-refractivity contribution is 5.79. The molecule has 2 aliphatic rings. The van der Waals surface area contributed by atoms with E-state index in [2.05, 4.69) is 61.2 Å². The van der Waals surface area contributed by atoms with Gasteiger partial charge in [-0.25, -0.2) is 9.97 Å². The van der Waals surface area contributed by atoms with Gasteiger partial charge in [-0.2, -0.15) is 5.26 Å². The smallest absolute Gasteiger partial charge is 0.185 e. The fraction of sp³-hybridized carbons (Fsp3) is 0.409. The largest absolute Gasteiger partial charge is 0.503 e. The van der Waals surface area contributed by atoms with Crippen LogP contribution < -0.4 is 5.32 Å². The Bertz CT molecular complexity index is 894. The Kier molecular flexibility index (Phi) is 5.18. The number of hydrogen-bond donors (Lipinski definition) is 2. The normalized spacial score (nSPS) is 22.0. The second-order valence-corrected chi connectivity index (χ2v) is 8.19. The molecule has 0 aliphatic heterocycles. The topological polar surface area (TPSA) is 81.8 Å². The minimum Gasteiger partial charge on any atom is -0.503 e. The Hall–Kier alpha value is -2.87. The van der Waals surface area contributed by atoms with Crippen LogP contribution >= 0.6 is 0 Å². The zero-order valence-corrected chi connectivity index (χ0v) is 16.3. The van der Waals surface area contributed by atoms with Crippen molar-refractivity contribution in [1.29, 1.82) is 5.26 Å². The van der Waals surface area contributed by atoms with Crippen molar-refractivity contribution < 1.29 is 5.11 Å². The molecule has 2 aliphatic carbocycles. The summed E-state index contributed by atoms with van der Waals surface area (Å²) in [4.78, 5) is 9.25. The average molecular weight is 362 g/mol. The second-order valence-electron chi connectivity index (χ2n) is 8.19. The molecule has 2 N–H and O–H groups in total. The summed E-state index contributed by atoms with van der Waals surface area (Å²) in [5, 5.41) is 23.1. The van der Waals surface area contributed by atoms with Gasteiger partial charge in [0.15, 0.2) is 11.6 Å². The van der Waals surface area contributed by atoms with Crippen molar-refractivity contribution >= 4 is 11.4 Å². The third kappa shape index (κ3) is 4.28. The molecular formula is C22H26N4O. The Morgan fingerprint density at radius 1 is 1.15 bits per heavy atom. The van der Waals surface area contributed by atoms with E-state index in [-0.39, 0.29) is 17.1 Å². The van der Waals surface area contributed by atoms with Crippen molar-refractivity contribution in [2.45, 2.75) is 46.0 Å². The van der Waals surface area contributed by atoms with Gasteiger partial charge in [0, 0.05) is 11.1 Å². The Morgan fingerprint density at radius 2 is 1.93 bits per heavy atom. The molecule has 2 atom stereocenters. The Labute approximate surface area is 160 Å². The highest BCUT2D eigenvalue weighted by Crippen LogP contribution is 2.36. The summed E-state index contributed by atoms with van der Waals surface area (Å²) in [7, 11) is 0. The molecule has 0 bridgehead atoms. The lowest BCUT2D eigenvalue weighted by Crippen LogP contribution is -2.19. The Balaban J connectivity index is 2.00. The fourth-order valence-electron chi connectivity index (χ4n) is 2.93. The molecule has 0 saturated carbocycles. The molecule has 0 saturated heterocycles. The third-order valence-electron chi connectivity index (χ3n) is 4.67. The van der Waals surface area contributed by atoms with Crippen molar-refractivity contribution in [2.24, 2.45) is 11.8 Å². The van der Waals surface area contributed by atoms with Crippen LogP contribution in [0.15, 0.2) is 42.2 Å². The van der Waals surface area contributed by atoms with Crippen molar-refractivity contribution in [3.8, 4) is 11.8 Å². The summed E-state index contributed by atoms with van der Waals surface area (Å²) in [5.41, 5.74) is 2.03. The number of nitriles is 1. The Morgan fingerprint density at radius 3 is 2.48 bits per heavy atom. The van der Waals surface area contributed by atoms with E-state index >= 15 is 0 Å². The molecule has 1 heterocycles. The summed E-state index contributed by atoms with van der Waals surface area (Å²) in [6.07, 6.45) is 13.5. The molecule has 2 unspecified atom stereocenters. The van der Waals surface area contributed by atoms with Gasteiger partial charge in [0.25, 0.3) is 0 Å². The van der Waals surface area contributed by atoms with Gasteiger partial charge in [0.05, 0.1) is 12.0 Å². The number of nitrogens with one attached hydrogen (secondary N) is 1. The van der Waals surface area contributed by atoms with Gasteiger partial charge in [-0.15, -0.1) is 0 Å². The zero-order valence-electron chi connectivity index (χ0n) is 16.3. The highest BCUT2D eigenvalue weighted by atomic mass is 16.3. The number of anilines is 1. The molecule has 5 heteroatoms. The summed E-state index contributed by atoms with van der Waals surface area (Å²) >= 11 is 0. The van der Waals surface area contributed by atoms with Crippen LogP contribution in [0.5, 0.6) is 5.75 Å². The van der Waals surface area contributed by atoms with Gasteiger partial charge in [-0.3, -0.25) is 0 Å². The van der Waals surface area contributed by atoms with Crippen molar-refractivity contribution in [3.63, 3.8) is 0 Å². The maximum atomic E-state index is 10.9. The zero-order chi connectivity index (χ0) is 19.6. The predicted octanol–water partition coefficient (Wildman–Crippen LogP) is 4.85. The number of allylic oxidation sites excluding steroid dienone is 7. The lowest BCUT2D eigenvalue weighted by Gasteiger charge is -2.22. The molecule has 0 amide bonds. The maximum absolute atomic E-state index is 10.9. The standard InChI is InChI=1S/C22H26N4O/c1-14-5-9-16(10-6-14)18-19(27)20(26-21(25-18)22(2,3)4)24-17-11-7-15(13-23)8-12-17/h5,7,9-12,14-15,27H,6,8H2,1-4H3,(H,24,25,26). The van der Waals surface area contributed by atoms with Crippen LogP contribution in [0.2, 0.25) is 0 Å². The number of hydrogen-bond acceptors (Lipinski definition) is 5. The van der Waals surface area contributed by atoms with E-state index < -0.39 is 0 Å². The average Bonchev–Trinajstić information content (AvgIpc) is 2.64. The molecule has 0 spiro atoms. The van der Waals surface area contributed by atoms with Gasteiger partial charge >= 0.3 is 0 Å². The van der Waals surface area contributed by atoms with Crippen LogP contribution in [0, 0.1) is 23.2 Å². The lowest BCUT2D eigenvalue weighted by atomic mass is 9.93. The minimum atomic E-state index is -0.256. The van der Waals surface area contributed by atoms with Crippen LogP contribution in [0.3, 0.4) is 0 Å².